The topological polar surface area (TPSA) is 84.2 Å². The third kappa shape index (κ3) is 21.2. The van der Waals surface area contributed by atoms with Crippen LogP contribution in [0.1, 0.15) is 110 Å². The number of hydrogen-bond donors (Lipinski definition) is 3. The lowest BCUT2D eigenvalue weighted by atomic mass is 10.1. The van der Waals surface area contributed by atoms with Crippen LogP contribution in [0.3, 0.4) is 0 Å². The predicted molar refractivity (Wildman–Crippen MR) is 124 cm³/mol. The molecule has 0 heterocycles. The van der Waals surface area contributed by atoms with Gasteiger partial charge in [-0.3, -0.25) is 4.79 Å². The average molecular weight is 410 g/mol. The highest BCUT2D eigenvalue weighted by Crippen LogP contribution is 2.11. The number of carbonyl (C=O) groups is 2. The van der Waals surface area contributed by atoms with Crippen LogP contribution in [-0.4, -0.2) is 31.3 Å². The number of carbonyl (C=O) groups excluding carboxylic acids is 2. The number of aldehydes is 1. The highest BCUT2D eigenvalue weighted by Gasteiger charge is 2.02. The van der Waals surface area contributed by atoms with E-state index < -0.39 is 0 Å². The summed E-state index contributed by atoms with van der Waals surface area (Å²) in [5, 5.41) is 6.38. The lowest BCUT2D eigenvalue weighted by Crippen LogP contribution is -2.25. The van der Waals surface area contributed by atoms with E-state index in [-0.39, 0.29) is 11.9 Å². The summed E-state index contributed by atoms with van der Waals surface area (Å²) >= 11 is 0. The highest BCUT2D eigenvalue weighted by atomic mass is 16.1. The van der Waals surface area contributed by atoms with Crippen LogP contribution in [0.5, 0.6) is 0 Å². The molecule has 0 radical (unpaired) electrons. The molecule has 1 atom stereocenters. The number of amides is 1. The van der Waals surface area contributed by atoms with Gasteiger partial charge in [-0.25, -0.2) is 0 Å². The molecule has 0 bridgehead atoms. The van der Waals surface area contributed by atoms with E-state index in [0.29, 0.717) is 19.4 Å². The van der Waals surface area contributed by atoms with Crippen LogP contribution in [0.4, 0.5) is 0 Å². The fraction of sp³-hybridized carbons (Fsp3) is 0.833. The first-order chi connectivity index (χ1) is 14.1. The van der Waals surface area contributed by atoms with Gasteiger partial charge in [-0.05, 0) is 44.9 Å². The van der Waals surface area contributed by atoms with E-state index in [9.17, 15) is 9.59 Å². The molecule has 0 saturated heterocycles. The quantitative estimate of drug-likeness (QED) is 0.174. The van der Waals surface area contributed by atoms with Crippen molar-refractivity contribution in [1.29, 1.82) is 0 Å². The van der Waals surface area contributed by atoms with Gasteiger partial charge in [-0.2, -0.15) is 0 Å². The molecule has 5 nitrogen and oxygen atoms in total. The Kier molecular flexibility index (Phi) is 20.3. The fourth-order valence-corrected chi connectivity index (χ4v) is 3.28. The summed E-state index contributed by atoms with van der Waals surface area (Å²) in [6.07, 6.45) is 18.6. The van der Waals surface area contributed by atoms with Gasteiger partial charge in [0.05, 0.1) is 6.04 Å². The van der Waals surface area contributed by atoms with E-state index >= 15 is 0 Å². The first-order valence-corrected chi connectivity index (χ1v) is 12.0. The molecule has 0 unspecified atom stereocenters. The minimum atomic E-state index is -0.358. The largest absolute Gasteiger partial charge is 0.389 e. The van der Waals surface area contributed by atoms with Crippen LogP contribution in [0, 0.1) is 0 Å². The van der Waals surface area contributed by atoms with Crippen LogP contribution < -0.4 is 16.4 Å². The fourth-order valence-electron chi connectivity index (χ4n) is 3.28. The monoisotopic (exact) mass is 409 g/mol. The maximum absolute atomic E-state index is 11.7. The molecule has 170 valence electrons. The average Bonchev–Trinajstić information content (AvgIpc) is 2.72. The van der Waals surface area contributed by atoms with Crippen LogP contribution >= 0.6 is 0 Å². The van der Waals surface area contributed by atoms with Crippen LogP contribution in [-0.2, 0) is 9.59 Å². The molecule has 0 rings (SSSR count). The SMILES string of the molecule is C=C(CCCC)NCCCCCCCCCCCC(=O)NCCCC[C@H](N)C=O. The van der Waals surface area contributed by atoms with Crippen molar-refractivity contribution >= 4 is 12.2 Å². The molecule has 0 saturated carbocycles. The summed E-state index contributed by atoms with van der Waals surface area (Å²) in [7, 11) is 0. The summed E-state index contributed by atoms with van der Waals surface area (Å²) in [5.41, 5.74) is 6.72. The van der Waals surface area contributed by atoms with Gasteiger partial charge in [0.2, 0.25) is 5.91 Å². The van der Waals surface area contributed by atoms with Gasteiger partial charge in [-0.1, -0.05) is 64.9 Å². The molecule has 0 aliphatic heterocycles. The molecule has 0 aliphatic carbocycles. The Morgan fingerprint density at radius 2 is 1.38 bits per heavy atom. The van der Waals surface area contributed by atoms with Crippen molar-refractivity contribution in [3.8, 4) is 0 Å². The predicted octanol–water partition coefficient (Wildman–Crippen LogP) is 4.99. The van der Waals surface area contributed by atoms with Crippen LogP contribution in [0.15, 0.2) is 12.3 Å². The van der Waals surface area contributed by atoms with Crippen LogP contribution in [0.25, 0.3) is 0 Å². The molecule has 5 heteroatoms. The second kappa shape index (κ2) is 21.4. The van der Waals surface area contributed by atoms with Gasteiger partial charge in [0.15, 0.2) is 0 Å². The molecule has 0 aliphatic rings. The van der Waals surface area contributed by atoms with Crippen LogP contribution in [0.2, 0.25) is 0 Å². The molecular weight excluding hydrogens is 362 g/mol. The Balaban J connectivity index is 3.23. The van der Waals surface area contributed by atoms with Crippen molar-refractivity contribution in [2.75, 3.05) is 13.1 Å². The Labute approximate surface area is 179 Å². The van der Waals surface area contributed by atoms with Crippen molar-refractivity contribution in [1.82, 2.24) is 10.6 Å². The number of nitrogens with two attached hydrogens (primary N) is 1. The van der Waals surface area contributed by atoms with Gasteiger partial charge >= 0.3 is 0 Å². The summed E-state index contributed by atoms with van der Waals surface area (Å²) in [6, 6.07) is -0.358. The van der Waals surface area contributed by atoms with Crippen molar-refractivity contribution in [2.24, 2.45) is 5.73 Å². The zero-order valence-corrected chi connectivity index (χ0v) is 19.0. The first-order valence-electron chi connectivity index (χ1n) is 12.0. The molecule has 0 aromatic rings. The number of unbranched alkanes of at least 4 members (excludes halogenated alkanes) is 10. The minimum absolute atomic E-state index is 0.149. The zero-order chi connectivity index (χ0) is 21.6. The maximum atomic E-state index is 11.7. The van der Waals surface area contributed by atoms with E-state index in [4.69, 9.17) is 5.73 Å². The second-order valence-electron chi connectivity index (χ2n) is 8.21. The lowest BCUT2D eigenvalue weighted by Gasteiger charge is -2.08. The van der Waals surface area contributed by atoms with Gasteiger partial charge in [-0.15, -0.1) is 0 Å². The van der Waals surface area contributed by atoms with E-state index in [2.05, 4.69) is 24.1 Å². The highest BCUT2D eigenvalue weighted by molar-refractivity contribution is 5.75. The Morgan fingerprint density at radius 1 is 0.828 bits per heavy atom. The molecular formula is C24H47N3O2. The molecule has 0 spiro atoms. The third-order valence-corrected chi connectivity index (χ3v) is 5.25. The van der Waals surface area contributed by atoms with Crippen molar-refractivity contribution in [2.45, 2.75) is 116 Å². The van der Waals surface area contributed by atoms with Crippen molar-refractivity contribution in [3.05, 3.63) is 12.3 Å². The zero-order valence-electron chi connectivity index (χ0n) is 19.0. The number of hydrogen-bond acceptors (Lipinski definition) is 4. The number of nitrogens with one attached hydrogen (secondary N) is 2. The smallest absolute Gasteiger partial charge is 0.219 e. The van der Waals surface area contributed by atoms with Gasteiger partial charge < -0.3 is 21.2 Å². The van der Waals surface area contributed by atoms with Gasteiger partial charge in [0.1, 0.15) is 6.29 Å². The van der Waals surface area contributed by atoms with E-state index in [1.54, 1.807) is 0 Å². The summed E-state index contributed by atoms with van der Waals surface area (Å²) < 4.78 is 0. The maximum Gasteiger partial charge on any atom is 0.219 e. The van der Waals surface area contributed by atoms with Crippen molar-refractivity contribution < 1.29 is 9.59 Å². The van der Waals surface area contributed by atoms with Crippen molar-refractivity contribution in [3.63, 3.8) is 0 Å². The second-order valence-corrected chi connectivity index (χ2v) is 8.21. The summed E-state index contributed by atoms with van der Waals surface area (Å²) in [6.45, 7) is 8.03. The number of rotatable bonds is 22. The molecule has 0 aromatic heterocycles. The minimum Gasteiger partial charge on any atom is -0.389 e. The first kappa shape index (κ1) is 27.6. The number of allylic oxidation sites excluding steroid dienone is 1. The van der Waals surface area contributed by atoms with E-state index in [1.807, 2.05) is 0 Å². The van der Waals surface area contributed by atoms with E-state index in [0.717, 1.165) is 44.9 Å². The molecule has 4 N–H and O–H groups in total. The molecule has 0 fully saturated rings. The summed E-state index contributed by atoms with van der Waals surface area (Å²) in [4.78, 5) is 22.2. The van der Waals surface area contributed by atoms with E-state index in [1.165, 1.54) is 63.5 Å². The summed E-state index contributed by atoms with van der Waals surface area (Å²) in [5.74, 6) is 0.149. The normalized spacial score (nSPS) is 11.8. The Hall–Kier alpha value is -1.36. The molecule has 0 aromatic carbocycles. The Bertz CT molecular complexity index is 413. The van der Waals surface area contributed by atoms with Gasteiger partial charge in [0.25, 0.3) is 0 Å². The molecule has 1 amide bonds. The standard InChI is InChI=1S/C24H47N3O2/c1-3-4-16-22(2)26-19-14-11-9-7-5-6-8-10-12-18-24(29)27-20-15-13-17-23(25)21-28/h21,23,26H,2-20,25H2,1H3,(H,27,29)/t23-/m0/s1. The van der Waals surface area contributed by atoms with Gasteiger partial charge in [0, 0.05) is 25.2 Å². The Morgan fingerprint density at radius 3 is 2.00 bits per heavy atom. The molecule has 29 heavy (non-hydrogen) atoms. The third-order valence-electron chi connectivity index (χ3n) is 5.25. The lowest BCUT2D eigenvalue weighted by molar-refractivity contribution is -0.121.